The van der Waals surface area contributed by atoms with Gasteiger partial charge in [0.05, 0.1) is 4.90 Å². The fourth-order valence-corrected chi connectivity index (χ4v) is 3.62. The summed E-state index contributed by atoms with van der Waals surface area (Å²) < 4.78 is 27.4. The summed E-state index contributed by atoms with van der Waals surface area (Å²) in [6.45, 7) is 3.50. The molecule has 0 saturated heterocycles. The summed E-state index contributed by atoms with van der Waals surface area (Å²) in [6.07, 6.45) is 0. The third-order valence-corrected chi connectivity index (χ3v) is 5.21. The van der Waals surface area contributed by atoms with Crippen molar-refractivity contribution in [3.8, 4) is 0 Å². The number of nitrogens with zero attached hydrogens (tertiary/aromatic N) is 2. The Hall–Kier alpha value is -3.66. The zero-order chi connectivity index (χ0) is 21.2. The van der Waals surface area contributed by atoms with Gasteiger partial charge in [0, 0.05) is 34.0 Å². The normalized spacial score (nSPS) is 11.1. The van der Waals surface area contributed by atoms with Crippen LogP contribution in [0.25, 0.3) is 0 Å². The number of carbonyl (C=O) groups is 1. The van der Waals surface area contributed by atoms with E-state index >= 15 is 0 Å². The monoisotopic (exact) mass is 412 g/mol. The Morgan fingerprint density at radius 2 is 1.45 bits per heavy atom. The van der Waals surface area contributed by atoms with Crippen LogP contribution < -0.4 is 21.5 Å². The first-order valence-electron chi connectivity index (χ1n) is 8.55. The van der Waals surface area contributed by atoms with E-state index in [0.29, 0.717) is 34.0 Å². The van der Waals surface area contributed by atoms with Gasteiger partial charge in [-0.15, -0.1) is 0 Å². The fourth-order valence-electron chi connectivity index (χ4n) is 2.68. The molecule has 2 aromatic carbocycles. The minimum atomic E-state index is -3.88. The van der Waals surface area contributed by atoms with Gasteiger partial charge in [0.15, 0.2) is 0 Å². The third-order valence-electron chi connectivity index (χ3n) is 3.87. The van der Waals surface area contributed by atoms with Crippen LogP contribution in [-0.2, 0) is 10.0 Å². The molecule has 0 radical (unpaired) electrons. The Morgan fingerprint density at radius 3 is 2.00 bits per heavy atom. The molecule has 0 aliphatic carbocycles. The van der Waals surface area contributed by atoms with Crippen molar-refractivity contribution in [2.24, 2.45) is 0 Å². The highest BCUT2D eigenvalue weighted by Crippen LogP contribution is 2.19. The minimum Gasteiger partial charge on any atom is -0.399 e. The summed E-state index contributed by atoms with van der Waals surface area (Å²) in [5, 5.41) is 2.67. The van der Waals surface area contributed by atoms with Gasteiger partial charge < -0.3 is 16.8 Å². The first-order valence-corrected chi connectivity index (χ1v) is 10.0. The lowest BCUT2D eigenvalue weighted by atomic mass is 10.1. The number of aryl methyl sites for hydroxylation is 2. The number of carbonyl (C=O) groups excluding carboxylic acids is 1. The molecule has 150 valence electrons. The highest BCUT2D eigenvalue weighted by atomic mass is 32.2. The van der Waals surface area contributed by atoms with E-state index in [9.17, 15) is 13.2 Å². The maximum absolute atomic E-state index is 12.5. The summed E-state index contributed by atoms with van der Waals surface area (Å²) in [7, 11) is -3.88. The number of hydrogen-bond acceptors (Lipinski definition) is 7. The van der Waals surface area contributed by atoms with E-state index < -0.39 is 15.9 Å². The van der Waals surface area contributed by atoms with E-state index in [2.05, 4.69) is 20.0 Å². The molecule has 3 rings (SSSR count). The van der Waals surface area contributed by atoms with Crippen molar-refractivity contribution >= 4 is 38.9 Å². The Bertz CT molecular complexity index is 1140. The molecule has 9 nitrogen and oxygen atoms in total. The number of anilines is 4. The van der Waals surface area contributed by atoms with Gasteiger partial charge >= 0.3 is 0 Å². The topological polar surface area (TPSA) is 153 Å². The maximum Gasteiger partial charge on any atom is 0.264 e. The molecule has 1 heterocycles. The SMILES string of the molecule is Cc1cc(C)nc(NS(=O)(=O)c2ccc(NC(=O)c3cc(N)cc(N)c3)cc2)n1. The number of benzene rings is 2. The summed E-state index contributed by atoms with van der Waals surface area (Å²) >= 11 is 0. The van der Waals surface area contributed by atoms with Crippen LogP contribution in [0.1, 0.15) is 21.7 Å². The van der Waals surface area contributed by atoms with Gasteiger partial charge in [-0.25, -0.2) is 23.1 Å². The van der Waals surface area contributed by atoms with Crippen molar-refractivity contribution in [2.75, 3.05) is 21.5 Å². The van der Waals surface area contributed by atoms with Crippen LogP contribution in [0.2, 0.25) is 0 Å². The molecule has 0 unspecified atom stereocenters. The number of hydrogen-bond donors (Lipinski definition) is 4. The molecule has 0 bridgehead atoms. The summed E-state index contributed by atoms with van der Waals surface area (Å²) in [6, 6.07) is 12.0. The van der Waals surface area contributed by atoms with Crippen LogP contribution in [-0.4, -0.2) is 24.3 Å². The predicted molar refractivity (Wildman–Crippen MR) is 112 cm³/mol. The maximum atomic E-state index is 12.5. The van der Waals surface area contributed by atoms with E-state index in [0.717, 1.165) is 0 Å². The smallest absolute Gasteiger partial charge is 0.264 e. The van der Waals surface area contributed by atoms with Gasteiger partial charge in [-0.1, -0.05) is 0 Å². The fraction of sp³-hybridized carbons (Fsp3) is 0.105. The lowest BCUT2D eigenvalue weighted by Gasteiger charge is -2.10. The molecule has 29 heavy (non-hydrogen) atoms. The quantitative estimate of drug-likeness (QED) is 0.469. The van der Waals surface area contributed by atoms with E-state index in [-0.39, 0.29) is 10.8 Å². The number of rotatable bonds is 5. The molecule has 3 aromatic rings. The summed E-state index contributed by atoms with van der Waals surface area (Å²) in [5.41, 5.74) is 14.1. The summed E-state index contributed by atoms with van der Waals surface area (Å²) in [5.74, 6) is -0.416. The first kappa shape index (κ1) is 20.1. The molecule has 1 aromatic heterocycles. The van der Waals surface area contributed by atoms with Crippen molar-refractivity contribution in [2.45, 2.75) is 18.7 Å². The summed E-state index contributed by atoms with van der Waals surface area (Å²) in [4.78, 5) is 20.5. The van der Waals surface area contributed by atoms with Gasteiger partial charge in [-0.05, 0) is 62.4 Å². The van der Waals surface area contributed by atoms with Gasteiger partial charge in [0.2, 0.25) is 5.95 Å². The molecule has 6 N–H and O–H groups in total. The van der Waals surface area contributed by atoms with Crippen LogP contribution in [0.3, 0.4) is 0 Å². The van der Waals surface area contributed by atoms with Gasteiger partial charge in [0.25, 0.3) is 15.9 Å². The molecule has 0 spiro atoms. The van der Waals surface area contributed by atoms with Gasteiger partial charge in [-0.3, -0.25) is 4.79 Å². The predicted octanol–water partition coefficient (Wildman–Crippen LogP) is 2.31. The van der Waals surface area contributed by atoms with Gasteiger partial charge in [0.1, 0.15) is 0 Å². The van der Waals surface area contributed by atoms with Crippen LogP contribution in [0.15, 0.2) is 53.4 Å². The second kappa shape index (κ2) is 7.76. The molecule has 0 atom stereocenters. The zero-order valence-corrected chi connectivity index (χ0v) is 16.6. The molecule has 0 fully saturated rings. The average Bonchev–Trinajstić information content (AvgIpc) is 2.60. The first-order chi connectivity index (χ1) is 13.6. The number of sulfonamides is 1. The lowest BCUT2D eigenvalue weighted by Crippen LogP contribution is -2.16. The van der Waals surface area contributed by atoms with Crippen molar-refractivity contribution < 1.29 is 13.2 Å². The standard InChI is InChI=1S/C19H20N6O3S/c1-11-7-12(2)23-19(22-11)25-29(27,28)17-5-3-16(4-6-17)24-18(26)13-8-14(20)10-15(21)9-13/h3-10H,20-21H2,1-2H3,(H,24,26)(H,22,23,25). The second-order valence-corrected chi connectivity index (χ2v) is 8.13. The lowest BCUT2D eigenvalue weighted by molar-refractivity contribution is 0.102. The third kappa shape index (κ3) is 4.99. The highest BCUT2D eigenvalue weighted by Gasteiger charge is 2.16. The molecular formula is C19H20N6O3S. The van der Waals surface area contributed by atoms with Crippen LogP contribution >= 0.6 is 0 Å². The van der Waals surface area contributed by atoms with Gasteiger partial charge in [-0.2, -0.15) is 0 Å². The average molecular weight is 412 g/mol. The van der Waals surface area contributed by atoms with E-state index in [4.69, 9.17) is 11.5 Å². The molecule has 0 aliphatic heterocycles. The van der Waals surface area contributed by atoms with Crippen LogP contribution in [0.5, 0.6) is 0 Å². The second-order valence-electron chi connectivity index (χ2n) is 6.45. The highest BCUT2D eigenvalue weighted by molar-refractivity contribution is 7.92. The van der Waals surface area contributed by atoms with E-state index in [1.165, 1.54) is 36.4 Å². The number of amides is 1. The van der Waals surface area contributed by atoms with Crippen LogP contribution in [0.4, 0.5) is 23.0 Å². The number of nitrogen functional groups attached to an aromatic ring is 2. The molecule has 1 amide bonds. The van der Waals surface area contributed by atoms with Crippen LogP contribution in [0, 0.1) is 13.8 Å². The van der Waals surface area contributed by atoms with E-state index in [1.807, 2.05) is 0 Å². The minimum absolute atomic E-state index is 0.000801. The number of aromatic nitrogens is 2. The molecule has 0 aliphatic rings. The zero-order valence-electron chi connectivity index (χ0n) is 15.8. The number of nitrogens with two attached hydrogens (primary N) is 2. The van der Waals surface area contributed by atoms with Crippen molar-refractivity contribution in [1.29, 1.82) is 0 Å². The van der Waals surface area contributed by atoms with E-state index in [1.54, 1.807) is 26.0 Å². The molecule has 0 saturated carbocycles. The Morgan fingerprint density at radius 1 is 0.897 bits per heavy atom. The Kier molecular flexibility index (Phi) is 5.37. The Labute approximate surface area is 168 Å². The molecule has 10 heteroatoms. The number of nitrogens with one attached hydrogen (secondary N) is 2. The molecular weight excluding hydrogens is 392 g/mol. The van der Waals surface area contributed by atoms with Crippen molar-refractivity contribution in [1.82, 2.24) is 9.97 Å². The van der Waals surface area contributed by atoms with Crippen molar-refractivity contribution in [3.05, 3.63) is 65.5 Å². The largest absolute Gasteiger partial charge is 0.399 e. The van der Waals surface area contributed by atoms with Crippen molar-refractivity contribution in [3.63, 3.8) is 0 Å². The Balaban J connectivity index is 1.75.